The van der Waals surface area contributed by atoms with Crippen molar-refractivity contribution in [2.75, 3.05) is 7.11 Å². The van der Waals surface area contributed by atoms with Crippen LogP contribution in [0.4, 0.5) is 0 Å². The standard InChI is InChI=1S/C13H24N2O/c1-10(2)6-12-13(7-11(3)4)15(8-14-12)9-16-5/h8,10-11H,6-7,9H2,1-5H3. The Morgan fingerprint density at radius 2 is 1.81 bits per heavy atom. The molecular weight excluding hydrogens is 200 g/mol. The molecule has 1 aromatic rings. The molecule has 0 radical (unpaired) electrons. The van der Waals surface area contributed by atoms with Gasteiger partial charge in [-0.2, -0.15) is 0 Å². The molecule has 0 saturated heterocycles. The molecule has 0 aromatic carbocycles. The van der Waals surface area contributed by atoms with E-state index in [0.29, 0.717) is 18.6 Å². The van der Waals surface area contributed by atoms with E-state index in [4.69, 9.17) is 4.74 Å². The van der Waals surface area contributed by atoms with Crippen LogP contribution in [0.25, 0.3) is 0 Å². The Hall–Kier alpha value is -0.830. The molecule has 1 rings (SSSR count). The van der Waals surface area contributed by atoms with Gasteiger partial charge in [0.25, 0.3) is 0 Å². The lowest BCUT2D eigenvalue weighted by atomic mass is 10.0. The van der Waals surface area contributed by atoms with Crippen LogP contribution in [0.15, 0.2) is 6.33 Å². The van der Waals surface area contributed by atoms with Gasteiger partial charge in [-0.1, -0.05) is 27.7 Å². The number of hydrogen-bond acceptors (Lipinski definition) is 2. The second-order valence-electron chi connectivity index (χ2n) is 5.22. The molecule has 0 bridgehead atoms. The van der Waals surface area contributed by atoms with E-state index in [2.05, 4.69) is 37.2 Å². The highest BCUT2D eigenvalue weighted by atomic mass is 16.5. The van der Waals surface area contributed by atoms with Gasteiger partial charge in [-0.25, -0.2) is 4.98 Å². The molecule has 92 valence electrons. The molecule has 0 amide bonds. The Balaban J connectivity index is 2.89. The Labute approximate surface area is 98.8 Å². The van der Waals surface area contributed by atoms with Crippen LogP contribution in [0.5, 0.6) is 0 Å². The Kier molecular flexibility index (Phi) is 5.00. The fourth-order valence-corrected chi connectivity index (χ4v) is 1.88. The normalized spacial score (nSPS) is 11.7. The summed E-state index contributed by atoms with van der Waals surface area (Å²) in [5, 5.41) is 0. The monoisotopic (exact) mass is 224 g/mol. The summed E-state index contributed by atoms with van der Waals surface area (Å²) in [5.41, 5.74) is 2.58. The number of imidazole rings is 1. The molecule has 0 aliphatic heterocycles. The predicted octanol–water partition coefficient (Wildman–Crippen LogP) is 2.88. The average molecular weight is 224 g/mol. The lowest BCUT2D eigenvalue weighted by Gasteiger charge is -2.12. The first kappa shape index (κ1) is 13.2. The molecule has 16 heavy (non-hydrogen) atoms. The van der Waals surface area contributed by atoms with E-state index in [0.717, 1.165) is 12.8 Å². The molecule has 0 spiro atoms. The summed E-state index contributed by atoms with van der Waals surface area (Å²) in [4.78, 5) is 4.51. The average Bonchev–Trinajstić information content (AvgIpc) is 2.49. The van der Waals surface area contributed by atoms with Gasteiger partial charge in [0.15, 0.2) is 0 Å². The van der Waals surface area contributed by atoms with Gasteiger partial charge < -0.3 is 9.30 Å². The molecule has 0 aliphatic rings. The minimum absolute atomic E-state index is 0.604. The Morgan fingerprint density at radius 3 is 2.31 bits per heavy atom. The van der Waals surface area contributed by atoms with Crippen molar-refractivity contribution in [3.63, 3.8) is 0 Å². The molecule has 0 fully saturated rings. The van der Waals surface area contributed by atoms with Crippen LogP contribution < -0.4 is 0 Å². The number of ether oxygens (including phenoxy) is 1. The molecule has 0 unspecified atom stereocenters. The minimum atomic E-state index is 0.604. The molecule has 3 nitrogen and oxygen atoms in total. The van der Waals surface area contributed by atoms with Gasteiger partial charge in [-0.15, -0.1) is 0 Å². The van der Waals surface area contributed by atoms with E-state index in [9.17, 15) is 0 Å². The van der Waals surface area contributed by atoms with Gasteiger partial charge in [-0.3, -0.25) is 0 Å². The lowest BCUT2D eigenvalue weighted by Crippen LogP contribution is -2.09. The fourth-order valence-electron chi connectivity index (χ4n) is 1.88. The Bertz CT molecular complexity index is 316. The third-order valence-corrected chi connectivity index (χ3v) is 2.50. The number of nitrogens with zero attached hydrogens (tertiary/aromatic N) is 2. The van der Waals surface area contributed by atoms with Crippen LogP contribution in [-0.4, -0.2) is 16.7 Å². The first-order valence-corrected chi connectivity index (χ1v) is 6.06. The van der Waals surface area contributed by atoms with Crippen molar-refractivity contribution in [1.82, 2.24) is 9.55 Å². The second kappa shape index (κ2) is 6.04. The van der Waals surface area contributed by atoms with Crippen LogP contribution >= 0.6 is 0 Å². The number of hydrogen-bond donors (Lipinski definition) is 0. The van der Waals surface area contributed by atoms with Crippen LogP contribution in [0.2, 0.25) is 0 Å². The van der Waals surface area contributed by atoms with Gasteiger partial charge in [-0.05, 0) is 24.7 Å². The largest absolute Gasteiger partial charge is 0.364 e. The summed E-state index contributed by atoms with van der Waals surface area (Å²) in [6.45, 7) is 9.54. The maximum Gasteiger partial charge on any atom is 0.123 e. The maximum atomic E-state index is 5.19. The van der Waals surface area contributed by atoms with Crippen molar-refractivity contribution in [2.24, 2.45) is 11.8 Å². The van der Waals surface area contributed by atoms with Crippen molar-refractivity contribution in [3.8, 4) is 0 Å². The van der Waals surface area contributed by atoms with E-state index >= 15 is 0 Å². The van der Waals surface area contributed by atoms with Crippen LogP contribution in [0.3, 0.4) is 0 Å². The smallest absolute Gasteiger partial charge is 0.123 e. The summed E-state index contributed by atoms with van der Waals surface area (Å²) >= 11 is 0. The Morgan fingerprint density at radius 1 is 1.19 bits per heavy atom. The van der Waals surface area contributed by atoms with Crippen molar-refractivity contribution in [2.45, 2.75) is 47.3 Å². The maximum absolute atomic E-state index is 5.19. The fraction of sp³-hybridized carbons (Fsp3) is 0.769. The molecule has 1 heterocycles. The molecule has 0 atom stereocenters. The summed E-state index contributed by atoms with van der Waals surface area (Å²) in [6, 6.07) is 0. The number of aromatic nitrogens is 2. The number of methoxy groups -OCH3 is 1. The summed E-state index contributed by atoms with van der Waals surface area (Å²) in [5.74, 6) is 1.30. The minimum Gasteiger partial charge on any atom is -0.364 e. The van der Waals surface area contributed by atoms with Crippen LogP contribution in [0, 0.1) is 11.8 Å². The third kappa shape index (κ3) is 3.63. The highest BCUT2D eigenvalue weighted by Gasteiger charge is 2.13. The zero-order chi connectivity index (χ0) is 12.1. The lowest BCUT2D eigenvalue weighted by molar-refractivity contribution is 0.128. The van der Waals surface area contributed by atoms with E-state index < -0.39 is 0 Å². The van der Waals surface area contributed by atoms with Gasteiger partial charge >= 0.3 is 0 Å². The zero-order valence-corrected chi connectivity index (χ0v) is 11.2. The van der Waals surface area contributed by atoms with E-state index in [1.165, 1.54) is 11.4 Å². The van der Waals surface area contributed by atoms with E-state index in [-0.39, 0.29) is 0 Å². The SMILES string of the molecule is COCn1cnc(CC(C)C)c1CC(C)C. The molecule has 0 saturated carbocycles. The van der Waals surface area contributed by atoms with Gasteiger partial charge in [0.2, 0.25) is 0 Å². The van der Waals surface area contributed by atoms with Crippen molar-refractivity contribution in [1.29, 1.82) is 0 Å². The number of rotatable bonds is 6. The topological polar surface area (TPSA) is 27.1 Å². The quantitative estimate of drug-likeness (QED) is 0.743. The summed E-state index contributed by atoms with van der Waals surface area (Å²) in [6.07, 6.45) is 4.03. The van der Waals surface area contributed by atoms with Gasteiger partial charge in [0.1, 0.15) is 6.73 Å². The first-order chi connectivity index (χ1) is 7.54. The summed E-state index contributed by atoms with van der Waals surface area (Å²) in [7, 11) is 1.72. The molecule has 3 heteroatoms. The van der Waals surface area contributed by atoms with Gasteiger partial charge in [0.05, 0.1) is 12.0 Å². The molecule has 0 aliphatic carbocycles. The van der Waals surface area contributed by atoms with Crippen molar-refractivity contribution in [3.05, 3.63) is 17.7 Å². The van der Waals surface area contributed by atoms with Gasteiger partial charge in [0, 0.05) is 12.8 Å². The van der Waals surface area contributed by atoms with E-state index in [1.807, 2.05) is 6.33 Å². The molecule has 0 N–H and O–H groups in total. The van der Waals surface area contributed by atoms with Crippen molar-refractivity contribution >= 4 is 0 Å². The molecular formula is C13H24N2O. The molecule has 1 aromatic heterocycles. The zero-order valence-electron chi connectivity index (χ0n) is 11.2. The summed E-state index contributed by atoms with van der Waals surface area (Å²) < 4.78 is 7.31. The highest BCUT2D eigenvalue weighted by molar-refractivity contribution is 5.14. The predicted molar refractivity (Wildman–Crippen MR) is 66.3 cm³/mol. The first-order valence-electron chi connectivity index (χ1n) is 6.06. The van der Waals surface area contributed by atoms with Crippen LogP contribution in [0.1, 0.15) is 39.1 Å². The second-order valence-corrected chi connectivity index (χ2v) is 5.22. The van der Waals surface area contributed by atoms with Crippen LogP contribution in [-0.2, 0) is 24.3 Å². The highest BCUT2D eigenvalue weighted by Crippen LogP contribution is 2.16. The van der Waals surface area contributed by atoms with Crippen molar-refractivity contribution < 1.29 is 4.74 Å². The van der Waals surface area contributed by atoms with E-state index in [1.54, 1.807) is 7.11 Å². The third-order valence-electron chi connectivity index (χ3n) is 2.50.